The number of fused-ring (bicyclic) bond motifs is 4. The van der Waals surface area contributed by atoms with E-state index in [1.54, 1.807) is 0 Å². The molecule has 2 heterocycles. The maximum absolute atomic E-state index is 4.93. The van der Waals surface area contributed by atoms with Gasteiger partial charge in [0.1, 0.15) is 0 Å². The third-order valence-electron chi connectivity index (χ3n) is 9.29. The van der Waals surface area contributed by atoms with Crippen molar-refractivity contribution in [3.8, 4) is 5.69 Å². The number of nitrogens with zero attached hydrogens (tertiary/aromatic N) is 2. The van der Waals surface area contributed by atoms with E-state index >= 15 is 0 Å². The third-order valence-corrected chi connectivity index (χ3v) is 10.4. The minimum atomic E-state index is -0.826. The van der Waals surface area contributed by atoms with E-state index in [9.17, 15) is 0 Å². The van der Waals surface area contributed by atoms with Gasteiger partial charge in [-0.15, -0.1) is 28.5 Å². The van der Waals surface area contributed by atoms with Crippen molar-refractivity contribution in [2.75, 3.05) is 4.90 Å². The van der Waals surface area contributed by atoms with Crippen molar-refractivity contribution in [3.05, 3.63) is 143 Å². The Kier molecular flexibility index (Phi) is 10.0. The van der Waals surface area contributed by atoms with Crippen LogP contribution >= 0.6 is 28.8 Å². The number of aromatic nitrogens is 1. The number of para-hydroxylation sites is 3. The van der Waals surface area contributed by atoms with Gasteiger partial charge in [-0.05, 0) is 47.9 Å². The van der Waals surface area contributed by atoms with Crippen LogP contribution in [-0.4, -0.2) is 4.57 Å². The van der Waals surface area contributed by atoms with Gasteiger partial charge < -0.3 is 9.47 Å². The number of rotatable bonds is 2. The van der Waals surface area contributed by atoms with E-state index in [1.165, 1.54) is 87.6 Å². The van der Waals surface area contributed by atoms with Crippen LogP contribution < -0.4 is 4.90 Å². The molecule has 1 aliphatic heterocycles. The van der Waals surface area contributed by atoms with Crippen LogP contribution in [0.15, 0.2) is 119 Å². The average Bonchev–Trinajstić information content (AvgIpc) is 3.72. The van der Waals surface area contributed by atoms with Crippen molar-refractivity contribution in [1.29, 1.82) is 0 Å². The molecule has 0 saturated heterocycles. The van der Waals surface area contributed by atoms with Gasteiger partial charge in [0, 0.05) is 27.4 Å². The number of halogens is 2. The molecule has 0 spiro atoms. The fraction of sp³-hybridized carbons (Fsp3) is 0.150. The van der Waals surface area contributed by atoms with Crippen LogP contribution in [0.1, 0.15) is 33.4 Å². The number of benzene rings is 4. The molecule has 0 aliphatic carbocycles. The Balaban J connectivity index is 0.000000242. The summed E-state index contributed by atoms with van der Waals surface area (Å²) in [6, 6.07) is 37.5. The predicted molar refractivity (Wildman–Crippen MR) is 197 cm³/mol. The first-order valence-corrected chi connectivity index (χ1v) is 22.5. The van der Waals surface area contributed by atoms with Gasteiger partial charge >= 0.3 is 37.9 Å². The van der Waals surface area contributed by atoms with Gasteiger partial charge in [0.25, 0.3) is 0 Å². The summed E-state index contributed by atoms with van der Waals surface area (Å²) in [6.45, 7) is 13.2. The fourth-order valence-corrected chi connectivity index (χ4v) is 7.50. The molecule has 0 N–H and O–H groups in total. The van der Waals surface area contributed by atoms with Crippen LogP contribution in [0, 0.1) is 41.5 Å². The summed E-state index contributed by atoms with van der Waals surface area (Å²) in [5, 5.41) is 3.80. The van der Waals surface area contributed by atoms with E-state index in [0.717, 1.165) is 0 Å². The number of aryl methyl sites for hydroxylation is 1. The fourth-order valence-electron chi connectivity index (χ4n) is 6.44. The Hall–Kier alpha value is -3.01. The summed E-state index contributed by atoms with van der Waals surface area (Å²) in [5.41, 5.74) is 14.7. The first-order valence-electron chi connectivity index (χ1n) is 15.3. The van der Waals surface area contributed by atoms with Crippen LogP contribution in [0.4, 0.5) is 17.1 Å². The van der Waals surface area contributed by atoms with Crippen LogP contribution in [0.5, 0.6) is 0 Å². The maximum atomic E-state index is 4.93. The molecule has 2 nitrogen and oxygen atoms in total. The molecular formula is C40H36Cl2N2SZr. The van der Waals surface area contributed by atoms with Gasteiger partial charge in [0.2, 0.25) is 0 Å². The van der Waals surface area contributed by atoms with Crippen molar-refractivity contribution in [1.82, 2.24) is 4.57 Å². The molecule has 1 aliphatic rings. The summed E-state index contributed by atoms with van der Waals surface area (Å²) in [5.74, 6) is 0. The predicted octanol–water partition coefficient (Wildman–Crippen LogP) is 13.1. The quantitative estimate of drug-likeness (QED) is 0.163. The Morgan fingerprint density at radius 3 is 1.85 bits per heavy atom. The van der Waals surface area contributed by atoms with E-state index in [-0.39, 0.29) is 0 Å². The van der Waals surface area contributed by atoms with Crippen LogP contribution in [0.25, 0.3) is 27.4 Å². The summed E-state index contributed by atoms with van der Waals surface area (Å²) in [4.78, 5) is 5.01. The van der Waals surface area contributed by atoms with Crippen molar-refractivity contribution < 1.29 is 20.8 Å². The summed E-state index contributed by atoms with van der Waals surface area (Å²) < 4.78 is 2.30. The van der Waals surface area contributed by atoms with Crippen molar-refractivity contribution in [2.24, 2.45) is 0 Å². The Morgan fingerprint density at radius 2 is 1.26 bits per heavy atom. The van der Waals surface area contributed by atoms with Gasteiger partial charge in [-0.3, -0.25) is 0 Å². The molecule has 0 saturated carbocycles. The van der Waals surface area contributed by atoms with Gasteiger partial charge in [0.05, 0.1) is 16.9 Å². The molecule has 7 aromatic rings. The molecule has 0 fully saturated rings. The van der Waals surface area contributed by atoms with E-state index in [4.69, 9.17) is 17.0 Å². The molecule has 0 unspecified atom stereocenters. The molecule has 0 amide bonds. The second kappa shape index (κ2) is 14.0. The zero-order valence-corrected chi connectivity index (χ0v) is 31.7. The number of hydrogen-bond donors (Lipinski definition) is 0. The molecule has 46 heavy (non-hydrogen) atoms. The van der Waals surface area contributed by atoms with Crippen molar-refractivity contribution in [3.63, 3.8) is 0 Å². The summed E-state index contributed by atoms with van der Waals surface area (Å²) in [6.07, 6.45) is 2.18. The van der Waals surface area contributed by atoms with E-state index in [0.29, 0.717) is 0 Å². The standard InChI is InChI=1S/C30H21N2S.C10H15.2ClH.Zr/c1-20-16-22-18-23(31-15-14-21-8-2-3-9-25(21)31)19-28(24(22)17-20)32-26-10-4-6-12-29(26)33-30-13-7-5-11-27(30)32;1-6-7(2)9(4)10(5)8(6)3;;;/h2-19H,1H3;1-5H3;2*1H;/q2*-1;;;+4/p-2. The molecule has 6 aromatic carbocycles. The molecule has 0 bridgehead atoms. The first-order chi connectivity index (χ1) is 22.2. The molecule has 8 rings (SSSR count). The summed E-state index contributed by atoms with van der Waals surface area (Å²) in [7, 11) is 9.87. The second-order valence-corrected chi connectivity index (χ2v) is 16.6. The van der Waals surface area contributed by atoms with E-state index in [2.05, 4.69) is 160 Å². The minimum absolute atomic E-state index is 0.826. The van der Waals surface area contributed by atoms with Crippen LogP contribution in [0.2, 0.25) is 0 Å². The Morgan fingerprint density at radius 1 is 0.696 bits per heavy atom. The van der Waals surface area contributed by atoms with Crippen molar-refractivity contribution in [2.45, 2.75) is 51.3 Å². The van der Waals surface area contributed by atoms with E-state index < -0.39 is 20.8 Å². The van der Waals surface area contributed by atoms with Gasteiger partial charge in [-0.25, -0.2) is 0 Å². The number of hydrogen-bond acceptors (Lipinski definition) is 2. The molecule has 6 heteroatoms. The third kappa shape index (κ3) is 6.18. The van der Waals surface area contributed by atoms with Crippen LogP contribution in [0.3, 0.4) is 0 Å². The zero-order chi connectivity index (χ0) is 32.5. The van der Waals surface area contributed by atoms with Gasteiger partial charge in [-0.2, -0.15) is 33.9 Å². The average molecular weight is 739 g/mol. The van der Waals surface area contributed by atoms with Gasteiger partial charge in [0.15, 0.2) is 0 Å². The molecule has 230 valence electrons. The van der Waals surface area contributed by atoms with Crippen molar-refractivity contribution >= 4 is 67.5 Å². The monoisotopic (exact) mass is 736 g/mol. The SMILES string of the molecule is Cc1c(C)c(C)[c-](C)c1C.Cc1cc2c(N3c4ccccc4Sc4ccccc43)cc(-n3ccc4ccccc43)cc2[cH-]1.[Cl][Zr+2][Cl]. The topological polar surface area (TPSA) is 8.17 Å². The molecular weight excluding hydrogens is 703 g/mol. The molecule has 0 radical (unpaired) electrons. The first kappa shape index (κ1) is 32.9. The summed E-state index contributed by atoms with van der Waals surface area (Å²) >= 11 is 1.02. The van der Waals surface area contributed by atoms with Gasteiger partial charge in [-0.1, -0.05) is 95.8 Å². The number of anilines is 3. The van der Waals surface area contributed by atoms with Crippen LogP contribution in [-0.2, 0) is 20.8 Å². The zero-order valence-electron chi connectivity index (χ0n) is 27.0. The van der Waals surface area contributed by atoms with E-state index in [1.807, 2.05) is 11.8 Å². The Labute approximate surface area is 295 Å². The molecule has 1 aromatic heterocycles. The normalized spacial score (nSPS) is 11.7. The Bertz CT molecular complexity index is 2040. The molecule has 0 atom stereocenters. The second-order valence-electron chi connectivity index (χ2n) is 11.8.